The van der Waals surface area contributed by atoms with Gasteiger partial charge in [-0.25, -0.2) is 26.7 Å². The molecule has 0 aliphatic rings. The average Bonchev–Trinajstić information content (AvgIpc) is 2.66. The second-order valence-electron chi connectivity index (χ2n) is 3.69. The van der Waals surface area contributed by atoms with Crippen LogP contribution in [-0.2, 0) is 20.0 Å². The SMILES string of the molecule is Nc1sc(S(=O)(=O)NCCCS(N)(=O)=O)cc1[N+](=O)[O-]. The summed E-state index contributed by atoms with van der Waals surface area (Å²) in [4.78, 5) is 9.78. The highest BCUT2D eigenvalue weighted by molar-refractivity contribution is 7.91. The van der Waals surface area contributed by atoms with Crippen molar-refractivity contribution in [3.63, 3.8) is 0 Å². The third-order valence-corrected chi connectivity index (χ3v) is 5.82. The summed E-state index contributed by atoms with van der Waals surface area (Å²) in [7, 11) is -7.63. The molecule has 0 atom stereocenters. The Hall–Kier alpha value is -1.28. The molecule has 0 fully saturated rings. The molecule has 0 amide bonds. The first-order valence-electron chi connectivity index (χ1n) is 5.07. The van der Waals surface area contributed by atoms with Gasteiger partial charge in [-0.15, -0.1) is 0 Å². The Morgan fingerprint density at radius 1 is 1.35 bits per heavy atom. The number of rotatable bonds is 7. The van der Waals surface area contributed by atoms with E-state index in [1.807, 2.05) is 0 Å². The number of hydrogen-bond donors (Lipinski definition) is 3. The second kappa shape index (κ2) is 6.01. The van der Waals surface area contributed by atoms with Gasteiger partial charge in [-0.1, -0.05) is 11.3 Å². The van der Waals surface area contributed by atoms with Crippen molar-refractivity contribution in [2.24, 2.45) is 5.14 Å². The molecular weight excluding hydrogens is 332 g/mol. The van der Waals surface area contributed by atoms with E-state index in [9.17, 15) is 26.9 Å². The summed E-state index contributed by atoms with van der Waals surface area (Å²) >= 11 is 0.556. The van der Waals surface area contributed by atoms with Crippen molar-refractivity contribution >= 4 is 42.1 Å². The fourth-order valence-electron chi connectivity index (χ4n) is 1.20. The quantitative estimate of drug-likeness (QED) is 0.329. The molecule has 0 unspecified atom stereocenters. The third kappa shape index (κ3) is 4.68. The largest absolute Gasteiger partial charge is 0.385 e. The Kier molecular flexibility index (Phi) is 5.04. The molecule has 1 rings (SSSR count). The van der Waals surface area contributed by atoms with Crippen LogP contribution in [0.25, 0.3) is 0 Å². The molecule has 0 aliphatic carbocycles. The summed E-state index contributed by atoms with van der Waals surface area (Å²) in [6.45, 7) is -0.162. The molecule has 0 bridgehead atoms. The zero-order valence-electron chi connectivity index (χ0n) is 9.97. The van der Waals surface area contributed by atoms with Crippen molar-refractivity contribution in [1.29, 1.82) is 0 Å². The van der Waals surface area contributed by atoms with E-state index in [2.05, 4.69) is 4.72 Å². The van der Waals surface area contributed by atoms with Crippen molar-refractivity contribution in [1.82, 2.24) is 4.72 Å². The number of nitrogen functional groups attached to an aromatic ring is 1. The van der Waals surface area contributed by atoms with Crippen molar-refractivity contribution in [2.75, 3.05) is 18.0 Å². The molecule has 0 aromatic carbocycles. The molecule has 1 heterocycles. The minimum Gasteiger partial charge on any atom is -0.385 e. The average molecular weight is 344 g/mol. The van der Waals surface area contributed by atoms with Gasteiger partial charge in [0.1, 0.15) is 4.21 Å². The third-order valence-electron chi connectivity index (χ3n) is 2.08. The van der Waals surface area contributed by atoms with E-state index >= 15 is 0 Å². The monoisotopic (exact) mass is 344 g/mol. The van der Waals surface area contributed by atoms with Gasteiger partial charge in [0.15, 0.2) is 5.00 Å². The standard InChI is InChI=1S/C7H12N4O6S3/c8-7-5(11(12)13)4-6(18-7)20(16,17)10-2-1-3-19(9,14)15/h4,10H,1-3,8H2,(H2,9,14,15). The number of sulfonamides is 2. The highest BCUT2D eigenvalue weighted by Crippen LogP contribution is 2.34. The van der Waals surface area contributed by atoms with Crippen LogP contribution >= 0.6 is 11.3 Å². The van der Waals surface area contributed by atoms with Gasteiger partial charge in [0.05, 0.1) is 10.7 Å². The van der Waals surface area contributed by atoms with Crippen molar-refractivity contribution in [3.8, 4) is 0 Å². The maximum atomic E-state index is 11.8. The lowest BCUT2D eigenvalue weighted by Crippen LogP contribution is -2.27. The van der Waals surface area contributed by atoms with Gasteiger partial charge >= 0.3 is 5.69 Å². The Bertz CT molecular complexity index is 707. The maximum Gasteiger partial charge on any atom is 0.304 e. The smallest absolute Gasteiger partial charge is 0.304 e. The number of nitro groups is 1. The van der Waals surface area contributed by atoms with Crippen LogP contribution in [-0.4, -0.2) is 34.1 Å². The van der Waals surface area contributed by atoms with Crippen molar-refractivity contribution in [2.45, 2.75) is 10.6 Å². The van der Waals surface area contributed by atoms with E-state index in [4.69, 9.17) is 10.9 Å². The molecule has 1 aromatic heterocycles. The van der Waals surface area contributed by atoms with E-state index in [-0.39, 0.29) is 27.9 Å². The molecule has 20 heavy (non-hydrogen) atoms. The highest BCUT2D eigenvalue weighted by atomic mass is 32.2. The van der Waals surface area contributed by atoms with Crippen LogP contribution in [0.3, 0.4) is 0 Å². The van der Waals surface area contributed by atoms with Crippen LogP contribution in [0.5, 0.6) is 0 Å². The van der Waals surface area contributed by atoms with Crippen LogP contribution in [0.2, 0.25) is 0 Å². The Morgan fingerprint density at radius 2 is 1.95 bits per heavy atom. The molecule has 1 aromatic rings. The number of primary sulfonamides is 1. The number of thiophene rings is 1. The molecule has 5 N–H and O–H groups in total. The Morgan fingerprint density at radius 3 is 2.40 bits per heavy atom. The summed E-state index contributed by atoms with van der Waals surface area (Å²) in [5, 5.41) is 15.1. The van der Waals surface area contributed by atoms with Gasteiger partial charge in [0.2, 0.25) is 20.0 Å². The number of hydrogen-bond acceptors (Lipinski definition) is 8. The first-order valence-corrected chi connectivity index (χ1v) is 9.08. The van der Waals surface area contributed by atoms with E-state index in [1.54, 1.807) is 0 Å². The van der Waals surface area contributed by atoms with Crippen LogP contribution < -0.4 is 15.6 Å². The summed E-state index contributed by atoms with van der Waals surface area (Å²) in [5.41, 5.74) is 4.85. The molecule has 0 saturated carbocycles. The van der Waals surface area contributed by atoms with Gasteiger partial charge in [-0.2, -0.15) is 0 Å². The van der Waals surface area contributed by atoms with E-state index in [1.165, 1.54) is 0 Å². The molecular formula is C7H12N4O6S3. The summed E-state index contributed by atoms with van der Waals surface area (Å²) < 4.78 is 46.7. The topological polar surface area (TPSA) is 175 Å². The molecule has 0 spiro atoms. The predicted molar refractivity (Wildman–Crippen MR) is 73.2 cm³/mol. The fourth-order valence-corrected chi connectivity index (χ4v) is 4.08. The first-order chi connectivity index (χ1) is 9.03. The number of nitrogens with zero attached hydrogens (tertiary/aromatic N) is 1. The van der Waals surface area contributed by atoms with Crippen LogP contribution in [0.4, 0.5) is 10.7 Å². The molecule has 13 heteroatoms. The minimum atomic E-state index is -3.96. The Balaban J connectivity index is 2.75. The van der Waals surface area contributed by atoms with Gasteiger partial charge in [0, 0.05) is 12.6 Å². The normalized spacial score (nSPS) is 12.4. The highest BCUT2D eigenvalue weighted by Gasteiger charge is 2.24. The van der Waals surface area contributed by atoms with Gasteiger partial charge in [-0.05, 0) is 6.42 Å². The lowest BCUT2D eigenvalue weighted by atomic mass is 10.5. The lowest BCUT2D eigenvalue weighted by molar-refractivity contribution is -0.383. The summed E-state index contributed by atoms with van der Waals surface area (Å²) in [5.74, 6) is -0.373. The minimum absolute atomic E-state index is 0.0129. The van der Waals surface area contributed by atoms with Crippen molar-refractivity contribution in [3.05, 3.63) is 16.2 Å². The predicted octanol–water partition coefficient (Wildman–Crippen LogP) is -0.805. The van der Waals surface area contributed by atoms with E-state index in [0.29, 0.717) is 11.3 Å². The molecule has 0 saturated heterocycles. The summed E-state index contributed by atoms with van der Waals surface area (Å²) in [6, 6.07) is 0.849. The molecule has 10 nitrogen and oxygen atoms in total. The lowest BCUT2D eigenvalue weighted by Gasteiger charge is -2.03. The van der Waals surface area contributed by atoms with Crippen LogP contribution in [0.1, 0.15) is 6.42 Å². The molecule has 0 radical (unpaired) electrons. The zero-order valence-corrected chi connectivity index (χ0v) is 12.4. The van der Waals surface area contributed by atoms with Crippen LogP contribution in [0.15, 0.2) is 10.3 Å². The van der Waals surface area contributed by atoms with Gasteiger partial charge < -0.3 is 5.73 Å². The van der Waals surface area contributed by atoms with E-state index < -0.39 is 30.7 Å². The molecule has 0 aliphatic heterocycles. The summed E-state index contributed by atoms with van der Waals surface area (Å²) in [6.07, 6.45) is -0.0129. The van der Waals surface area contributed by atoms with Crippen molar-refractivity contribution < 1.29 is 21.8 Å². The van der Waals surface area contributed by atoms with Gasteiger partial charge in [-0.3, -0.25) is 10.1 Å². The first kappa shape index (κ1) is 16.8. The van der Waals surface area contributed by atoms with E-state index in [0.717, 1.165) is 6.07 Å². The Labute approximate surface area is 119 Å². The number of anilines is 1. The zero-order chi connectivity index (χ0) is 15.6. The number of nitrogens with two attached hydrogens (primary N) is 2. The second-order valence-corrected chi connectivity index (χ2v) is 8.50. The molecule has 114 valence electrons. The number of nitrogens with one attached hydrogen (secondary N) is 1. The fraction of sp³-hybridized carbons (Fsp3) is 0.429. The van der Waals surface area contributed by atoms with Crippen LogP contribution in [0, 0.1) is 10.1 Å². The maximum absolute atomic E-state index is 11.8. The van der Waals surface area contributed by atoms with Gasteiger partial charge in [0.25, 0.3) is 0 Å².